The number of primary amides is 1. The van der Waals surface area contributed by atoms with Gasteiger partial charge < -0.3 is 10.3 Å². The number of carbonyl (C=O) groups is 1. The number of hydrogen-bond acceptors (Lipinski definition) is 2. The molecule has 2 N–H and O–H groups in total. The highest BCUT2D eigenvalue weighted by atomic mass is 16.1. The summed E-state index contributed by atoms with van der Waals surface area (Å²) >= 11 is 0. The van der Waals surface area contributed by atoms with E-state index in [9.17, 15) is 9.59 Å². The van der Waals surface area contributed by atoms with Crippen molar-refractivity contribution >= 4 is 5.91 Å². The number of pyridine rings is 1. The van der Waals surface area contributed by atoms with Gasteiger partial charge in [-0.1, -0.05) is 6.07 Å². The zero-order valence-corrected chi connectivity index (χ0v) is 10.1. The summed E-state index contributed by atoms with van der Waals surface area (Å²) in [7, 11) is 0. The minimum atomic E-state index is -0.423. The smallest absolute Gasteiger partial charge is 0.248 e. The topological polar surface area (TPSA) is 65.1 Å². The maximum atomic E-state index is 11.0. The molecule has 92 valence electrons. The molecule has 18 heavy (non-hydrogen) atoms. The Morgan fingerprint density at radius 2 is 1.89 bits per heavy atom. The first kappa shape index (κ1) is 12.1. The lowest BCUT2D eigenvalue weighted by Crippen LogP contribution is -2.12. The average molecular weight is 242 g/mol. The second-order valence-corrected chi connectivity index (χ2v) is 4.21. The fourth-order valence-electron chi connectivity index (χ4n) is 1.77. The second kappa shape index (κ2) is 4.87. The molecule has 2 aromatic rings. The van der Waals surface area contributed by atoms with E-state index >= 15 is 0 Å². The SMILES string of the molecule is Cc1cc(C(N)=O)ccc1Cn1ccc(=O)cc1. The van der Waals surface area contributed by atoms with Crippen LogP contribution in [0, 0.1) is 6.92 Å². The first-order valence-corrected chi connectivity index (χ1v) is 5.62. The van der Waals surface area contributed by atoms with Gasteiger partial charge in [-0.05, 0) is 30.2 Å². The van der Waals surface area contributed by atoms with Gasteiger partial charge in [-0.2, -0.15) is 0 Å². The highest BCUT2D eigenvalue weighted by molar-refractivity contribution is 5.93. The van der Waals surface area contributed by atoms with Crippen molar-refractivity contribution < 1.29 is 4.79 Å². The molecule has 0 atom stereocenters. The van der Waals surface area contributed by atoms with E-state index in [0.29, 0.717) is 12.1 Å². The lowest BCUT2D eigenvalue weighted by Gasteiger charge is -2.09. The molecule has 0 radical (unpaired) electrons. The maximum Gasteiger partial charge on any atom is 0.248 e. The van der Waals surface area contributed by atoms with Gasteiger partial charge in [-0.3, -0.25) is 9.59 Å². The molecule has 1 amide bonds. The van der Waals surface area contributed by atoms with Crippen LogP contribution in [0.1, 0.15) is 21.5 Å². The number of aromatic nitrogens is 1. The van der Waals surface area contributed by atoms with Crippen LogP contribution in [0.15, 0.2) is 47.5 Å². The summed E-state index contributed by atoms with van der Waals surface area (Å²) in [5.74, 6) is -0.423. The van der Waals surface area contributed by atoms with Gasteiger partial charge in [0, 0.05) is 36.6 Å². The first-order valence-electron chi connectivity index (χ1n) is 5.62. The van der Waals surface area contributed by atoms with Crippen molar-refractivity contribution in [3.05, 3.63) is 69.6 Å². The molecule has 1 aromatic carbocycles. The van der Waals surface area contributed by atoms with E-state index in [-0.39, 0.29) is 5.43 Å². The van der Waals surface area contributed by atoms with Crippen molar-refractivity contribution in [3.8, 4) is 0 Å². The van der Waals surface area contributed by atoms with Crippen LogP contribution >= 0.6 is 0 Å². The van der Waals surface area contributed by atoms with E-state index < -0.39 is 5.91 Å². The van der Waals surface area contributed by atoms with Crippen LogP contribution in [-0.2, 0) is 6.54 Å². The minimum absolute atomic E-state index is 0.00736. The van der Waals surface area contributed by atoms with E-state index in [1.165, 1.54) is 12.1 Å². The third kappa shape index (κ3) is 2.66. The van der Waals surface area contributed by atoms with Crippen LogP contribution in [0.5, 0.6) is 0 Å². The number of nitrogens with two attached hydrogens (primary N) is 1. The van der Waals surface area contributed by atoms with E-state index in [1.807, 2.05) is 17.6 Å². The molecular formula is C14H14N2O2. The van der Waals surface area contributed by atoms with Crippen LogP contribution < -0.4 is 11.2 Å². The molecule has 0 aliphatic heterocycles. The van der Waals surface area contributed by atoms with E-state index in [2.05, 4.69) is 0 Å². The standard InChI is InChI=1S/C14H14N2O2/c1-10-8-11(14(15)18)2-3-12(10)9-16-6-4-13(17)5-7-16/h2-8H,9H2,1H3,(H2,15,18). The Hall–Kier alpha value is -2.36. The molecule has 0 saturated heterocycles. The number of carbonyl (C=O) groups excluding carboxylic acids is 1. The Balaban J connectivity index is 2.27. The normalized spacial score (nSPS) is 10.3. The molecule has 0 aliphatic rings. The number of amides is 1. The third-order valence-corrected chi connectivity index (χ3v) is 2.84. The maximum absolute atomic E-state index is 11.0. The van der Waals surface area contributed by atoms with Crippen molar-refractivity contribution in [1.29, 1.82) is 0 Å². The zero-order chi connectivity index (χ0) is 13.1. The van der Waals surface area contributed by atoms with Gasteiger partial charge in [0.2, 0.25) is 5.91 Å². The number of aryl methyl sites for hydroxylation is 1. The molecule has 0 unspecified atom stereocenters. The number of benzene rings is 1. The van der Waals surface area contributed by atoms with Crippen LogP contribution in [0.25, 0.3) is 0 Å². The van der Waals surface area contributed by atoms with Gasteiger partial charge in [0.15, 0.2) is 5.43 Å². The lowest BCUT2D eigenvalue weighted by atomic mass is 10.0. The summed E-state index contributed by atoms with van der Waals surface area (Å²) in [6.07, 6.45) is 3.48. The molecule has 0 aliphatic carbocycles. The zero-order valence-electron chi connectivity index (χ0n) is 10.1. The average Bonchev–Trinajstić information content (AvgIpc) is 2.34. The van der Waals surface area contributed by atoms with E-state index in [1.54, 1.807) is 24.5 Å². The molecule has 1 heterocycles. The largest absolute Gasteiger partial charge is 0.366 e. The highest BCUT2D eigenvalue weighted by Crippen LogP contribution is 2.12. The monoisotopic (exact) mass is 242 g/mol. The minimum Gasteiger partial charge on any atom is -0.366 e. The molecule has 0 spiro atoms. The molecule has 2 rings (SSSR count). The van der Waals surface area contributed by atoms with Gasteiger partial charge in [0.25, 0.3) is 0 Å². The van der Waals surface area contributed by atoms with Crippen molar-refractivity contribution in [2.45, 2.75) is 13.5 Å². The van der Waals surface area contributed by atoms with Crippen molar-refractivity contribution in [3.63, 3.8) is 0 Å². The van der Waals surface area contributed by atoms with Gasteiger partial charge in [0.05, 0.1) is 0 Å². The number of rotatable bonds is 3. The highest BCUT2D eigenvalue weighted by Gasteiger charge is 2.04. The summed E-state index contributed by atoms with van der Waals surface area (Å²) in [5.41, 5.74) is 7.82. The quantitative estimate of drug-likeness (QED) is 0.881. The number of nitrogens with zero attached hydrogens (tertiary/aromatic N) is 1. The molecule has 4 heteroatoms. The summed E-state index contributed by atoms with van der Waals surface area (Å²) in [5, 5.41) is 0. The van der Waals surface area contributed by atoms with Crippen molar-refractivity contribution in [1.82, 2.24) is 4.57 Å². The van der Waals surface area contributed by atoms with Crippen molar-refractivity contribution in [2.75, 3.05) is 0 Å². The number of hydrogen-bond donors (Lipinski definition) is 1. The fourth-order valence-corrected chi connectivity index (χ4v) is 1.77. The predicted molar refractivity (Wildman–Crippen MR) is 69.5 cm³/mol. The summed E-state index contributed by atoms with van der Waals surface area (Å²) in [4.78, 5) is 22.0. The van der Waals surface area contributed by atoms with Gasteiger partial charge in [0.1, 0.15) is 0 Å². The molecule has 4 nitrogen and oxygen atoms in total. The molecule has 0 bridgehead atoms. The Kier molecular flexibility index (Phi) is 3.28. The molecule has 0 saturated carbocycles. The van der Waals surface area contributed by atoms with Gasteiger partial charge >= 0.3 is 0 Å². The molecular weight excluding hydrogens is 228 g/mol. The van der Waals surface area contributed by atoms with Gasteiger partial charge in [-0.25, -0.2) is 0 Å². The second-order valence-electron chi connectivity index (χ2n) is 4.21. The summed E-state index contributed by atoms with van der Waals surface area (Å²) < 4.78 is 1.91. The fraction of sp³-hybridized carbons (Fsp3) is 0.143. The first-order chi connectivity index (χ1) is 8.56. The van der Waals surface area contributed by atoms with Crippen LogP contribution in [-0.4, -0.2) is 10.5 Å². The third-order valence-electron chi connectivity index (χ3n) is 2.84. The van der Waals surface area contributed by atoms with Gasteiger partial charge in [-0.15, -0.1) is 0 Å². The Bertz CT molecular complexity index is 624. The molecule has 1 aromatic heterocycles. The Morgan fingerprint density at radius 1 is 1.22 bits per heavy atom. The van der Waals surface area contributed by atoms with Crippen LogP contribution in [0.4, 0.5) is 0 Å². The Morgan fingerprint density at radius 3 is 2.44 bits per heavy atom. The predicted octanol–water partition coefficient (Wildman–Crippen LogP) is 1.30. The van der Waals surface area contributed by atoms with Crippen LogP contribution in [0.2, 0.25) is 0 Å². The lowest BCUT2D eigenvalue weighted by molar-refractivity contribution is 0.1000. The van der Waals surface area contributed by atoms with E-state index in [0.717, 1.165) is 11.1 Å². The Labute approximate surface area is 105 Å². The molecule has 0 fully saturated rings. The summed E-state index contributed by atoms with van der Waals surface area (Å²) in [6.45, 7) is 2.59. The van der Waals surface area contributed by atoms with E-state index in [4.69, 9.17) is 5.73 Å². The summed E-state index contributed by atoms with van der Waals surface area (Å²) in [6, 6.07) is 8.42. The van der Waals surface area contributed by atoms with Crippen molar-refractivity contribution in [2.24, 2.45) is 5.73 Å². The van der Waals surface area contributed by atoms with Crippen LogP contribution in [0.3, 0.4) is 0 Å².